The third-order valence-electron chi connectivity index (χ3n) is 4.07. The Balaban J connectivity index is 1.76. The van der Waals surface area contributed by atoms with E-state index in [9.17, 15) is 28.5 Å². The number of nitrogens with one attached hydrogen (secondary N) is 1. The van der Waals surface area contributed by atoms with E-state index >= 15 is 0 Å². The molecule has 3 rings (SSSR count). The Kier molecular flexibility index (Phi) is 4.61. The molecule has 26 heavy (non-hydrogen) atoms. The first-order chi connectivity index (χ1) is 12.4. The Morgan fingerprint density at radius 2 is 1.92 bits per heavy atom. The zero-order chi connectivity index (χ0) is 18.8. The zero-order valence-electron chi connectivity index (χ0n) is 13.3. The second-order valence-corrected chi connectivity index (χ2v) is 5.77. The van der Waals surface area contributed by atoms with Gasteiger partial charge in [-0.15, -0.1) is 0 Å². The molecule has 2 aromatic rings. The van der Waals surface area contributed by atoms with Crippen molar-refractivity contribution in [2.45, 2.75) is 6.42 Å². The summed E-state index contributed by atoms with van der Waals surface area (Å²) < 4.78 is 27.1. The van der Waals surface area contributed by atoms with Crippen LogP contribution in [-0.2, 0) is 9.59 Å². The molecule has 1 heterocycles. The van der Waals surface area contributed by atoms with E-state index in [2.05, 4.69) is 5.32 Å². The van der Waals surface area contributed by atoms with Crippen LogP contribution in [0.5, 0.6) is 0 Å². The Morgan fingerprint density at radius 1 is 1.19 bits per heavy atom. The minimum Gasteiger partial charge on any atom is -0.323 e. The minimum absolute atomic E-state index is 0.000758. The first-order valence-corrected chi connectivity index (χ1v) is 7.66. The number of carbonyl (C=O) groups is 2. The molecule has 0 radical (unpaired) electrons. The highest BCUT2D eigenvalue weighted by Crippen LogP contribution is 2.30. The highest BCUT2D eigenvalue weighted by atomic mass is 19.1. The van der Waals surface area contributed by atoms with Gasteiger partial charge in [0.1, 0.15) is 5.82 Å². The lowest BCUT2D eigenvalue weighted by atomic mass is 10.1. The quantitative estimate of drug-likeness (QED) is 0.669. The predicted octanol–water partition coefficient (Wildman–Crippen LogP) is 2.86. The van der Waals surface area contributed by atoms with Crippen LogP contribution >= 0.6 is 0 Å². The predicted molar refractivity (Wildman–Crippen MR) is 88.5 cm³/mol. The number of hydrogen-bond acceptors (Lipinski definition) is 4. The van der Waals surface area contributed by atoms with E-state index in [0.717, 1.165) is 12.1 Å². The highest BCUT2D eigenvalue weighted by Gasteiger charge is 2.36. The summed E-state index contributed by atoms with van der Waals surface area (Å²) in [6.07, 6.45) is -0.133. The van der Waals surface area contributed by atoms with Gasteiger partial charge in [-0.3, -0.25) is 19.7 Å². The molecule has 1 N–H and O–H groups in total. The van der Waals surface area contributed by atoms with Crippen LogP contribution in [0.15, 0.2) is 42.5 Å². The molecule has 2 aromatic carbocycles. The van der Waals surface area contributed by atoms with Gasteiger partial charge in [0.15, 0.2) is 0 Å². The van der Waals surface area contributed by atoms with Gasteiger partial charge in [-0.05, 0) is 24.3 Å². The molecule has 1 fully saturated rings. The van der Waals surface area contributed by atoms with E-state index in [-0.39, 0.29) is 24.3 Å². The van der Waals surface area contributed by atoms with Gasteiger partial charge in [0.05, 0.1) is 22.2 Å². The number of para-hydroxylation sites is 1. The van der Waals surface area contributed by atoms with Crippen LogP contribution in [0.25, 0.3) is 0 Å². The van der Waals surface area contributed by atoms with Crippen LogP contribution in [0.1, 0.15) is 6.42 Å². The van der Waals surface area contributed by atoms with Gasteiger partial charge in [-0.2, -0.15) is 4.39 Å². The van der Waals surface area contributed by atoms with Gasteiger partial charge in [0, 0.05) is 19.0 Å². The second-order valence-electron chi connectivity index (χ2n) is 5.77. The number of nitro benzene ring substituents is 1. The van der Waals surface area contributed by atoms with Crippen molar-refractivity contribution in [1.82, 2.24) is 0 Å². The van der Waals surface area contributed by atoms with Crippen molar-refractivity contribution in [1.29, 1.82) is 0 Å². The highest BCUT2D eigenvalue weighted by molar-refractivity contribution is 6.03. The van der Waals surface area contributed by atoms with Crippen LogP contribution in [0, 0.1) is 27.7 Å². The van der Waals surface area contributed by atoms with Crippen LogP contribution in [0.4, 0.5) is 25.8 Å². The van der Waals surface area contributed by atoms with Crippen molar-refractivity contribution in [3.63, 3.8) is 0 Å². The molecular formula is C17H13F2N3O4. The maximum Gasteiger partial charge on any atom is 0.306 e. The number of carbonyl (C=O) groups excluding carboxylic acids is 2. The van der Waals surface area contributed by atoms with Crippen LogP contribution in [-0.4, -0.2) is 23.3 Å². The number of amides is 2. The van der Waals surface area contributed by atoms with Crippen molar-refractivity contribution in [3.05, 3.63) is 64.2 Å². The van der Waals surface area contributed by atoms with Gasteiger partial charge in [-0.1, -0.05) is 12.1 Å². The van der Waals surface area contributed by atoms with Crippen LogP contribution < -0.4 is 10.2 Å². The standard InChI is InChI=1S/C17H13F2N3O4/c18-12-3-1-2-4-14(12)20-17(24)10-7-16(23)21(9-10)11-5-6-13(19)15(8-11)22(25)26/h1-6,8,10H,7,9H2,(H,20,24). The topological polar surface area (TPSA) is 92.6 Å². The summed E-state index contributed by atoms with van der Waals surface area (Å²) in [5.74, 6) is -3.34. The first kappa shape index (κ1) is 17.5. The number of anilines is 2. The Morgan fingerprint density at radius 3 is 2.62 bits per heavy atom. The average Bonchev–Trinajstić information content (AvgIpc) is 2.99. The molecule has 0 bridgehead atoms. The van der Waals surface area contributed by atoms with E-state index in [1.807, 2.05) is 0 Å². The third kappa shape index (κ3) is 3.37. The molecule has 0 aliphatic carbocycles. The molecule has 7 nitrogen and oxygen atoms in total. The monoisotopic (exact) mass is 361 g/mol. The minimum atomic E-state index is -1.01. The lowest BCUT2D eigenvalue weighted by Crippen LogP contribution is -2.28. The fourth-order valence-electron chi connectivity index (χ4n) is 2.74. The summed E-state index contributed by atoms with van der Waals surface area (Å²) in [5.41, 5.74) is -0.625. The normalized spacial score (nSPS) is 16.6. The van der Waals surface area contributed by atoms with Gasteiger partial charge < -0.3 is 10.2 Å². The fourth-order valence-corrected chi connectivity index (χ4v) is 2.74. The molecule has 1 aliphatic heterocycles. The number of nitro groups is 1. The molecule has 0 spiro atoms. The van der Waals surface area contributed by atoms with E-state index in [1.165, 1.54) is 29.2 Å². The van der Waals surface area contributed by atoms with E-state index in [1.54, 1.807) is 6.07 Å². The molecule has 0 saturated carbocycles. The van der Waals surface area contributed by atoms with E-state index in [4.69, 9.17) is 0 Å². The van der Waals surface area contributed by atoms with E-state index in [0.29, 0.717) is 0 Å². The van der Waals surface area contributed by atoms with Gasteiger partial charge >= 0.3 is 5.69 Å². The number of hydrogen-bond donors (Lipinski definition) is 1. The largest absolute Gasteiger partial charge is 0.323 e. The molecule has 1 atom stereocenters. The molecule has 1 saturated heterocycles. The maximum absolute atomic E-state index is 13.6. The Bertz CT molecular complexity index is 903. The summed E-state index contributed by atoms with van der Waals surface area (Å²) in [4.78, 5) is 35.6. The second kappa shape index (κ2) is 6.87. The SMILES string of the molecule is O=C(Nc1ccccc1F)C1CC(=O)N(c2ccc(F)c([N+](=O)[O-])c2)C1. The van der Waals surface area contributed by atoms with Crippen LogP contribution in [0.3, 0.4) is 0 Å². The fraction of sp³-hybridized carbons (Fsp3) is 0.176. The Hall–Kier alpha value is -3.36. The summed E-state index contributed by atoms with van der Waals surface area (Å²) in [6.45, 7) is -0.0398. The number of halogens is 2. The summed E-state index contributed by atoms with van der Waals surface area (Å²) in [7, 11) is 0. The molecule has 134 valence electrons. The Labute approximate surface area is 146 Å². The maximum atomic E-state index is 13.6. The van der Waals surface area contributed by atoms with Crippen molar-refractivity contribution < 1.29 is 23.3 Å². The summed E-state index contributed by atoms with van der Waals surface area (Å²) in [5, 5.41) is 13.3. The summed E-state index contributed by atoms with van der Waals surface area (Å²) in [6, 6.07) is 8.70. The van der Waals surface area contributed by atoms with Crippen molar-refractivity contribution in [2.24, 2.45) is 5.92 Å². The molecular weight excluding hydrogens is 348 g/mol. The molecule has 2 amide bonds. The van der Waals surface area contributed by atoms with Crippen molar-refractivity contribution >= 4 is 28.9 Å². The smallest absolute Gasteiger partial charge is 0.306 e. The number of benzene rings is 2. The van der Waals surface area contributed by atoms with Crippen LogP contribution in [0.2, 0.25) is 0 Å². The molecule has 1 unspecified atom stereocenters. The summed E-state index contributed by atoms with van der Waals surface area (Å²) >= 11 is 0. The number of rotatable bonds is 4. The number of nitrogens with zero attached hydrogens (tertiary/aromatic N) is 2. The average molecular weight is 361 g/mol. The molecule has 1 aliphatic rings. The van der Waals surface area contributed by atoms with Gasteiger partial charge in [0.2, 0.25) is 17.6 Å². The first-order valence-electron chi connectivity index (χ1n) is 7.66. The van der Waals surface area contributed by atoms with Crippen molar-refractivity contribution in [3.8, 4) is 0 Å². The zero-order valence-corrected chi connectivity index (χ0v) is 13.3. The molecule has 0 aromatic heterocycles. The third-order valence-corrected chi connectivity index (χ3v) is 4.07. The lowest BCUT2D eigenvalue weighted by Gasteiger charge is -2.16. The molecule has 9 heteroatoms. The lowest BCUT2D eigenvalue weighted by molar-refractivity contribution is -0.387. The van der Waals surface area contributed by atoms with Gasteiger partial charge in [-0.25, -0.2) is 4.39 Å². The van der Waals surface area contributed by atoms with Gasteiger partial charge in [0.25, 0.3) is 0 Å². The van der Waals surface area contributed by atoms with E-state index < -0.39 is 40.0 Å². The van der Waals surface area contributed by atoms with Crippen molar-refractivity contribution in [2.75, 3.05) is 16.8 Å².